The van der Waals surface area contributed by atoms with Crippen molar-refractivity contribution in [3.05, 3.63) is 44.4 Å². The number of azo groups is 1. The van der Waals surface area contributed by atoms with Crippen LogP contribution in [0.1, 0.15) is 0 Å². The smallest absolute Gasteiger partial charge is 0.283 e. The third kappa shape index (κ3) is 2.82. The average Bonchev–Trinajstić information content (AvgIpc) is 2.30. The molecule has 0 spiro atoms. The molecule has 0 unspecified atom stereocenters. The highest BCUT2D eigenvalue weighted by molar-refractivity contribution is 7.71. The molecule has 18 heavy (non-hydrogen) atoms. The fourth-order valence-corrected chi connectivity index (χ4v) is 1.49. The molecule has 0 amide bonds. The maximum atomic E-state index is 11.5. The third-order valence-corrected chi connectivity index (χ3v) is 2.45. The van der Waals surface area contributed by atoms with Gasteiger partial charge in [0.05, 0.1) is 5.69 Å². The summed E-state index contributed by atoms with van der Waals surface area (Å²) in [7, 11) is 0. The number of H-pyrrole nitrogens is 2. The molecule has 92 valence electrons. The Labute approximate surface area is 111 Å². The van der Waals surface area contributed by atoms with Crippen LogP contribution in [0.15, 0.2) is 39.3 Å². The number of hydrogen-bond acceptors (Lipinski definition) is 5. The van der Waals surface area contributed by atoms with Crippen molar-refractivity contribution in [2.24, 2.45) is 10.2 Å². The number of nitrogens with one attached hydrogen (secondary N) is 2. The zero-order chi connectivity index (χ0) is 13.1. The molecular formula is C10H7ClN4O2S. The lowest BCUT2D eigenvalue weighted by atomic mass is 10.3. The molecule has 6 nitrogen and oxygen atoms in total. The van der Waals surface area contributed by atoms with Gasteiger partial charge in [-0.2, -0.15) is 5.11 Å². The Morgan fingerprint density at radius 1 is 1.17 bits per heavy atom. The molecule has 3 N–H and O–H groups in total. The summed E-state index contributed by atoms with van der Waals surface area (Å²) in [4.78, 5) is 16.1. The van der Waals surface area contributed by atoms with E-state index in [2.05, 4.69) is 32.4 Å². The van der Waals surface area contributed by atoms with Gasteiger partial charge in [-0.3, -0.25) is 9.78 Å². The normalized spacial score (nSPS) is 10.9. The first-order valence-corrected chi connectivity index (χ1v) is 5.58. The molecule has 0 aliphatic rings. The highest BCUT2D eigenvalue weighted by Gasteiger charge is 2.05. The van der Waals surface area contributed by atoms with Gasteiger partial charge in [0.2, 0.25) is 11.6 Å². The number of benzene rings is 1. The Kier molecular flexibility index (Phi) is 3.54. The van der Waals surface area contributed by atoms with Crippen LogP contribution in [0.5, 0.6) is 5.88 Å². The van der Waals surface area contributed by atoms with Crippen molar-refractivity contribution < 1.29 is 5.11 Å². The molecule has 1 aromatic carbocycles. The van der Waals surface area contributed by atoms with E-state index in [1.807, 2.05) is 0 Å². The minimum absolute atomic E-state index is 0.0166. The summed E-state index contributed by atoms with van der Waals surface area (Å²) in [5, 5.41) is 17.5. The first-order valence-electron chi connectivity index (χ1n) is 4.79. The van der Waals surface area contributed by atoms with Crippen LogP contribution in [0.4, 0.5) is 11.4 Å². The predicted molar refractivity (Wildman–Crippen MR) is 69.5 cm³/mol. The first kappa shape index (κ1) is 12.5. The number of hydrogen-bond donors (Lipinski definition) is 3. The largest absolute Gasteiger partial charge is 0.493 e. The number of rotatable bonds is 2. The summed E-state index contributed by atoms with van der Waals surface area (Å²) in [6.45, 7) is 0. The first-order chi connectivity index (χ1) is 8.56. The van der Waals surface area contributed by atoms with E-state index in [-0.39, 0.29) is 10.5 Å². The van der Waals surface area contributed by atoms with Crippen molar-refractivity contribution in [3.8, 4) is 5.88 Å². The number of nitrogens with zero attached hydrogens (tertiary/aromatic N) is 2. The van der Waals surface area contributed by atoms with Crippen molar-refractivity contribution in [2.75, 3.05) is 0 Å². The number of halogens is 1. The molecule has 2 aromatic rings. The summed E-state index contributed by atoms with van der Waals surface area (Å²) in [5.41, 5.74) is -0.354. The van der Waals surface area contributed by atoms with Gasteiger partial charge in [0.25, 0.3) is 5.56 Å². The molecule has 0 atom stereocenters. The molecule has 0 fully saturated rings. The van der Waals surface area contributed by atoms with Gasteiger partial charge < -0.3 is 10.1 Å². The molecule has 0 aliphatic heterocycles. The second-order valence-electron chi connectivity index (χ2n) is 3.28. The van der Waals surface area contributed by atoms with Gasteiger partial charge in [0.15, 0.2) is 4.77 Å². The maximum absolute atomic E-state index is 11.5. The van der Waals surface area contributed by atoms with Crippen LogP contribution in [0, 0.1) is 4.77 Å². The van der Waals surface area contributed by atoms with Crippen molar-refractivity contribution >= 4 is 35.2 Å². The number of aromatic amines is 2. The summed E-state index contributed by atoms with van der Waals surface area (Å²) < 4.78 is 0.0166. The van der Waals surface area contributed by atoms with E-state index in [1.54, 1.807) is 24.3 Å². The fraction of sp³-hybridized carbons (Fsp3) is 0. The molecule has 1 aromatic heterocycles. The second-order valence-corrected chi connectivity index (χ2v) is 4.13. The van der Waals surface area contributed by atoms with Crippen LogP contribution in [0.2, 0.25) is 5.02 Å². The number of aromatic hydroxyl groups is 1. The van der Waals surface area contributed by atoms with Crippen LogP contribution in [0.3, 0.4) is 0 Å². The van der Waals surface area contributed by atoms with E-state index in [9.17, 15) is 9.90 Å². The van der Waals surface area contributed by atoms with Gasteiger partial charge in [-0.1, -0.05) is 11.6 Å². The molecule has 0 radical (unpaired) electrons. The monoisotopic (exact) mass is 282 g/mol. The highest BCUT2D eigenvalue weighted by atomic mass is 35.5. The van der Waals surface area contributed by atoms with E-state index in [4.69, 9.17) is 11.6 Å². The Hall–Kier alpha value is -1.99. The van der Waals surface area contributed by atoms with E-state index >= 15 is 0 Å². The SMILES string of the molecule is O=c1[nH]c(=S)[nH]c(O)c1N=Nc1ccc(Cl)cc1. The Morgan fingerprint density at radius 3 is 2.44 bits per heavy atom. The predicted octanol–water partition coefficient (Wildman–Crippen LogP) is 3.21. The molecule has 8 heteroatoms. The van der Waals surface area contributed by atoms with Crippen molar-refractivity contribution in [1.82, 2.24) is 9.97 Å². The van der Waals surface area contributed by atoms with Gasteiger partial charge in [0, 0.05) is 5.02 Å². The Balaban J connectivity index is 2.38. The van der Waals surface area contributed by atoms with Crippen molar-refractivity contribution in [1.29, 1.82) is 0 Å². The lowest BCUT2D eigenvalue weighted by Crippen LogP contribution is -2.06. The van der Waals surface area contributed by atoms with Crippen molar-refractivity contribution in [2.45, 2.75) is 0 Å². The molecule has 0 bridgehead atoms. The number of aromatic nitrogens is 2. The standard InChI is InChI=1S/C10H7ClN4O2S/c11-5-1-3-6(4-2-5)14-15-7-8(16)12-10(18)13-9(7)17/h1-4H,(H3,12,13,16,17,18). The van der Waals surface area contributed by atoms with Gasteiger partial charge in [-0.05, 0) is 36.5 Å². The van der Waals surface area contributed by atoms with E-state index in [0.717, 1.165) is 0 Å². The third-order valence-electron chi connectivity index (χ3n) is 1.99. The zero-order valence-electron chi connectivity index (χ0n) is 8.85. The minimum atomic E-state index is -0.617. The summed E-state index contributed by atoms with van der Waals surface area (Å²) in [6, 6.07) is 6.53. The second kappa shape index (κ2) is 5.11. The molecule has 0 saturated carbocycles. The van der Waals surface area contributed by atoms with Crippen LogP contribution in [-0.2, 0) is 0 Å². The van der Waals surface area contributed by atoms with Crippen LogP contribution in [0.25, 0.3) is 0 Å². The topological polar surface area (TPSA) is 93.6 Å². The van der Waals surface area contributed by atoms with Crippen LogP contribution in [-0.4, -0.2) is 15.1 Å². The Morgan fingerprint density at radius 2 is 1.83 bits per heavy atom. The van der Waals surface area contributed by atoms with Crippen LogP contribution >= 0.6 is 23.8 Å². The van der Waals surface area contributed by atoms with Gasteiger partial charge in [-0.25, -0.2) is 0 Å². The molecule has 0 aliphatic carbocycles. The van der Waals surface area contributed by atoms with Gasteiger partial charge in [0.1, 0.15) is 0 Å². The highest BCUT2D eigenvalue weighted by Crippen LogP contribution is 2.22. The summed E-state index contributed by atoms with van der Waals surface area (Å²) in [6.07, 6.45) is 0. The zero-order valence-corrected chi connectivity index (χ0v) is 10.4. The molecule has 2 rings (SSSR count). The quantitative estimate of drug-likeness (QED) is 0.583. The van der Waals surface area contributed by atoms with E-state index in [0.29, 0.717) is 10.7 Å². The lowest BCUT2D eigenvalue weighted by molar-refractivity contribution is 0.451. The van der Waals surface area contributed by atoms with E-state index in [1.165, 1.54) is 0 Å². The van der Waals surface area contributed by atoms with E-state index < -0.39 is 11.4 Å². The fourth-order valence-electron chi connectivity index (χ4n) is 1.18. The molecular weight excluding hydrogens is 276 g/mol. The molecule has 1 heterocycles. The average molecular weight is 283 g/mol. The summed E-state index contributed by atoms with van der Waals surface area (Å²) in [5.74, 6) is -0.429. The minimum Gasteiger partial charge on any atom is -0.493 e. The summed E-state index contributed by atoms with van der Waals surface area (Å²) >= 11 is 10.4. The van der Waals surface area contributed by atoms with Crippen molar-refractivity contribution in [3.63, 3.8) is 0 Å². The lowest BCUT2D eigenvalue weighted by Gasteiger charge is -1.96. The van der Waals surface area contributed by atoms with Crippen LogP contribution < -0.4 is 5.56 Å². The molecule has 0 saturated heterocycles. The van der Waals surface area contributed by atoms with Gasteiger partial charge in [-0.15, -0.1) is 5.11 Å². The maximum Gasteiger partial charge on any atom is 0.283 e. The Bertz CT molecular complexity index is 705. The van der Waals surface area contributed by atoms with Gasteiger partial charge >= 0.3 is 0 Å².